The number of rotatable bonds is 4. The smallest absolute Gasteiger partial charge is 0.249 e. The third kappa shape index (κ3) is 6.13. The number of hydrogen-bond acceptors (Lipinski definition) is 4. The van der Waals surface area contributed by atoms with Crippen molar-refractivity contribution in [3.63, 3.8) is 0 Å². The van der Waals surface area contributed by atoms with Gasteiger partial charge in [-0.25, -0.2) is 0 Å². The average Bonchev–Trinajstić information content (AvgIpc) is 2.44. The molecule has 0 saturated carbocycles. The van der Waals surface area contributed by atoms with Crippen LogP contribution in [0.2, 0.25) is 0 Å². The summed E-state index contributed by atoms with van der Waals surface area (Å²) < 4.78 is 9.78. The Morgan fingerprint density at radius 3 is 2.68 bits per heavy atom. The van der Waals surface area contributed by atoms with E-state index in [4.69, 9.17) is 9.47 Å². The second kappa shape index (κ2) is 9.24. The van der Waals surface area contributed by atoms with Crippen molar-refractivity contribution in [3.05, 3.63) is 35.9 Å². The van der Waals surface area contributed by atoms with Gasteiger partial charge in [0.05, 0.1) is 19.8 Å². The summed E-state index contributed by atoms with van der Waals surface area (Å²) in [7, 11) is 1.70. The van der Waals surface area contributed by atoms with Gasteiger partial charge < -0.3 is 19.2 Å². The standard InChI is InChI=1S/C8H10O.C6H9NO3/c1-9-7-8-5-3-2-4-6-8;8-3-1-7-2-4-10-5-6(7)9/h2-6H,7H2,1H3;3H,1-2,4-5H2. The predicted octanol–water partition coefficient (Wildman–Crippen LogP) is 0.877. The predicted molar refractivity (Wildman–Crippen MR) is 70.6 cm³/mol. The van der Waals surface area contributed by atoms with Crippen molar-refractivity contribution < 1.29 is 19.1 Å². The number of amides is 1. The lowest BCUT2D eigenvalue weighted by atomic mass is 10.2. The van der Waals surface area contributed by atoms with E-state index in [-0.39, 0.29) is 19.1 Å². The lowest BCUT2D eigenvalue weighted by Gasteiger charge is -2.24. The van der Waals surface area contributed by atoms with Crippen molar-refractivity contribution in [2.45, 2.75) is 6.61 Å². The van der Waals surface area contributed by atoms with Crippen LogP contribution in [0, 0.1) is 0 Å². The molecule has 5 nitrogen and oxygen atoms in total. The maximum atomic E-state index is 10.8. The van der Waals surface area contributed by atoms with Gasteiger partial charge in [0.1, 0.15) is 12.9 Å². The van der Waals surface area contributed by atoms with Crippen molar-refractivity contribution in [1.29, 1.82) is 0 Å². The van der Waals surface area contributed by atoms with Crippen LogP contribution >= 0.6 is 0 Å². The molecule has 1 aromatic rings. The third-order valence-corrected chi connectivity index (χ3v) is 2.53. The zero-order chi connectivity index (χ0) is 13.9. The highest BCUT2D eigenvalue weighted by Crippen LogP contribution is 1.98. The number of aldehydes is 1. The van der Waals surface area contributed by atoms with E-state index in [1.165, 1.54) is 10.5 Å². The van der Waals surface area contributed by atoms with Gasteiger partial charge in [0.15, 0.2) is 0 Å². The van der Waals surface area contributed by atoms with Crippen molar-refractivity contribution >= 4 is 12.2 Å². The largest absolute Gasteiger partial charge is 0.380 e. The minimum atomic E-state index is -0.0987. The second-order valence-corrected chi connectivity index (χ2v) is 3.98. The summed E-state index contributed by atoms with van der Waals surface area (Å²) in [6.07, 6.45) is 0.725. The molecule has 1 amide bonds. The van der Waals surface area contributed by atoms with Crippen molar-refractivity contribution in [1.82, 2.24) is 4.90 Å². The minimum absolute atomic E-state index is 0.0987. The van der Waals surface area contributed by atoms with Crippen LogP contribution in [0.4, 0.5) is 0 Å². The number of hydrogen-bond donors (Lipinski definition) is 0. The molecule has 5 heteroatoms. The Kier molecular flexibility index (Phi) is 7.46. The SMILES string of the molecule is COCc1ccccc1.O=CCN1CCOCC1=O. The van der Waals surface area contributed by atoms with E-state index < -0.39 is 0 Å². The van der Waals surface area contributed by atoms with Gasteiger partial charge in [-0.2, -0.15) is 0 Å². The van der Waals surface area contributed by atoms with E-state index >= 15 is 0 Å². The molecule has 0 unspecified atom stereocenters. The van der Waals surface area contributed by atoms with E-state index in [0.717, 1.165) is 6.29 Å². The summed E-state index contributed by atoms with van der Waals surface area (Å²) in [6, 6.07) is 10.1. The first kappa shape index (κ1) is 15.3. The zero-order valence-electron chi connectivity index (χ0n) is 11.1. The Bertz CT molecular complexity index is 380. The number of methoxy groups -OCH3 is 1. The summed E-state index contributed by atoms with van der Waals surface area (Å²) in [5.41, 5.74) is 1.22. The summed E-state index contributed by atoms with van der Waals surface area (Å²) in [5.74, 6) is -0.0987. The molecule has 19 heavy (non-hydrogen) atoms. The molecule has 0 radical (unpaired) electrons. The lowest BCUT2D eigenvalue weighted by Crippen LogP contribution is -2.42. The molecule has 0 atom stereocenters. The normalized spacial score (nSPS) is 14.6. The van der Waals surface area contributed by atoms with Gasteiger partial charge in [0, 0.05) is 13.7 Å². The van der Waals surface area contributed by atoms with Crippen LogP contribution in [-0.2, 0) is 25.7 Å². The summed E-state index contributed by atoms with van der Waals surface area (Å²) in [6.45, 7) is 2.11. The molecule has 1 aliphatic rings. The summed E-state index contributed by atoms with van der Waals surface area (Å²) in [5, 5.41) is 0. The Hall–Kier alpha value is -1.72. The van der Waals surface area contributed by atoms with Crippen LogP contribution in [0.1, 0.15) is 5.56 Å². The van der Waals surface area contributed by atoms with Crippen LogP contribution in [0.5, 0.6) is 0 Å². The topological polar surface area (TPSA) is 55.8 Å². The van der Waals surface area contributed by atoms with Gasteiger partial charge in [-0.1, -0.05) is 30.3 Å². The fourth-order valence-electron chi connectivity index (χ4n) is 1.57. The Balaban J connectivity index is 0.000000191. The van der Waals surface area contributed by atoms with E-state index in [1.54, 1.807) is 7.11 Å². The average molecular weight is 265 g/mol. The first-order chi connectivity index (χ1) is 9.27. The Labute approximate surface area is 113 Å². The molecule has 0 aliphatic carbocycles. The number of carbonyl (C=O) groups excluding carboxylic acids is 2. The van der Waals surface area contributed by atoms with Gasteiger partial charge in [-0.15, -0.1) is 0 Å². The Morgan fingerprint density at radius 1 is 1.37 bits per heavy atom. The highest BCUT2D eigenvalue weighted by Gasteiger charge is 2.16. The molecule has 104 valence electrons. The van der Waals surface area contributed by atoms with E-state index in [1.807, 2.05) is 30.3 Å². The molecule has 1 fully saturated rings. The Morgan fingerprint density at radius 2 is 2.11 bits per heavy atom. The molecular weight excluding hydrogens is 246 g/mol. The minimum Gasteiger partial charge on any atom is -0.380 e. The molecule has 0 aromatic heterocycles. The van der Waals surface area contributed by atoms with Gasteiger partial charge in [0.25, 0.3) is 0 Å². The van der Waals surface area contributed by atoms with Gasteiger partial charge in [-0.3, -0.25) is 4.79 Å². The number of nitrogens with zero attached hydrogens (tertiary/aromatic N) is 1. The molecule has 1 aliphatic heterocycles. The lowest BCUT2D eigenvalue weighted by molar-refractivity contribution is -0.143. The zero-order valence-corrected chi connectivity index (χ0v) is 11.1. The van der Waals surface area contributed by atoms with Crippen molar-refractivity contribution in [2.75, 3.05) is 33.4 Å². The quantitative estimate of drug-likeness (QED) is 0.758. The monoisotopic (exact) mass is 265 g/mol. The number of carbonyl (C=O) groups is 2. The molecule has 0 N–H and O–H groups in total. The molecule has 2 rings (SSSR count). The fraction of sp³-hybridized carbons (Fsp3) is 0.429. The van der Waals surface area contributed by atoms with Crippen LogP contribution in [0.3, 0.4) is 0 Å². The van der Waals surface area contributed by atoms with Crippen LogP contribution in [-0.4, -0.2) is 50.5 Å². The maximum Gasteiger partial charge on any atom is 0.249 e. The van der Waals surface area contributed by atoms with Crippen LogP contribution in [0.15, 0.2) is 30.3 Å². The van der Waals surface area contributed by atoms with Gasteiger partial charge in [-0.05, 0) is 5.56 Å². The maximum absolute atomic E-state index is 10.8. The highest BCUT2D eigenvalue weighted by molar-refractivity contribution is 5.80. The molecule has 0 bridgehead atoms. The second-order valence-electron chi connectivity index (χ2n) is 3.98. The van der Waals surface area contributed by atoms with Gasteiger partial charge in [0.2, 0.25) is 5.91 Å². The molecule has 0 spiro atoms. The van der Waals surface area contributed by atoms with E-state index in [9.17, 15) is 9.59 Å². The molecule has 1 aromatic carbocycles. The first-order valence-electron chi connectivity index (χ1n) is 6.10. The number of ether oxygens (including phenoxy) is 2. The highest BCUT2D eigenvalue weighted by atomic mass is 16.5. The van der Waals surface area contributed by atoms with Crippen LogP contribution < -0.4 is 0 Å². The summed E-state index contributed by atoms with van der Waals surface area (Å²) >= 11 is 0. The number of morpholine rings is 1. The molecule has 1 heterocycles. The number of benzene rings is 1. The van der Waals surface area contributed by atoms with Gasteiger partial charge >= 0.3 is 0 Å². The van der Waals surface area contributed by atoms with Crippen LogP contribution in [0.25, 0.3) is 0 Å². The van der Waals surface area contributed by atoms with E-state index in [0.29, 0.717) is 19.8 Å². The van der Waals surface area contributed by atoms with Crippen molar-refractivity contribution in [3.8, 4) is 0 Å². The summed E-state index contributed by atoms with van der Waals surface area (Å²) in [4.78, 5) is 22.3. The van der Waals surface area contributed by atoms with Crippen molar-refractivity contribution in [2.24, 2.45) is 0 Å². The first-order valence-corrected chi connectivity index (χ1v) is 6.10. The third-order valence-electron chi connectivity index (χ3n) is 2.53. The van der Waals surface area contributed by atoms with E-state index in [2.05, 4.69) is 0 Å². The fourth-order valence-corrected chi connectivity index (χ4v) is 1.57. The molecule has 1 saturated heterocycles. The molecular formula is C14H19NO4.